The zero-order valence-electron chi connectivity index (χ0n) is 14.4. The van der Waals surface area contributed by atoms with Gasteiger partial charge in [-0.15, -0.1) is 0 Å². The first-order chi connectivity index (χ1) is 11.2. The lowest BCUT2D eigenvalue weighted by Crippen LogP contribution is -2.52. The molecule has 4 atom stereocenters. The van der Waals surface area contributed by atoms with Gasteiger partial charge in [0.05, 0.1) is 12.0 Å². The minimum Gasteiger partial charge on any atom is -0.481 e. The third-order valence-electron chi connectivity index (χ3n) is 4.23. The highest BCUT2D eigenvalue weighted by atomic mass is 16.4. The number of rotatable bonds is 7. The van der Waals surface area contributed by atoms with Crippen LogP contribution in [-0.4, -0.2) is 59.4 Å². The van der Waals surface area contributed by atoms with Gasteiger partial charge in [0.15, 0.2) is 5.96 Å². The Labute approximate surface area is 141 Å². The van der Waals surface area contributed by atoms with Crippen molar-refractivity contribution in [3.63, 3.8) is 0 Å². The van der Waals surface area contributed by atoms with Crippen molar-refractivity contribution in [1.29, 1.82) is 0 Å². The molecule has 2 amide bonds. The van der Waals surface area contributed by atoms with Crippen molar-refractivity contribution < 1.29 is 19.5 Å². The maximum atomic E-state index is 12.7. The van der Waals surface area contributed by atoms with E-state index in [9.17, 15) is 19.5 Å². The number of hydrogen-bond acceptors (Lipinski definition) is 4. The van der Waals surface area contributed by atoms with Crippen LogP contribution in [0.1, 0.15) is 33.1 Å². The van der Waals surface area contributed by atoms with Crippen LogP contribution < -0.4 is 16.8 Å². The van der Waals surface area contributed by atoms with Gasteiger partial charge in [-0.1, -0.05) is 6.92 Å². The van der Waals surface area contributed by atoms with E-state index in [1.165, 1.54) is 11.8 Å². The van der Waals surface area contributed by atoms with Crippen molar-refractivity contribution >= 4 is 23.7 Å². The fourth-order valence-corrected chi connectivity index (χ4v) is 3.20. The molecule has 2 unspecified atom stereocenters. The number of carbonyl (C=O) groups excluding carboxylic acids is 2. The van der Waals surface area contributed by atoms with Gasteiger partial charge in [0.25, 0.3) is 0 Å². The summed E-state index contributed by atoms with van der Waals surface area (Å²) in [5, 5.41) is 11.9. The second-order valence-corrected chi connectivity index (χ2v) is 6.23. The summed E-state index contributed by atoms with van der Waals surface area (Å²) in [6.45, 7) is 3.80. The number of guanidine groups is 1. The highest BCUT2D eigenvalue weighted by molar-refractivity contribution is 5.87. The number of carboxylic acids is 1. The number of nitrogens with one attached hydrogen (secondary N) is 1. The van der Waals surface area contributed by atoms with Gasteiger partial charge >= 0.3 is 5.97 Å². The Hall–Kier alpha value is -2.32. The predicted octanol–water partition coefficient (Wildman–Crippen LogP) is -0.888. The average molecular weight is 341 g/mol. The SMILES string of the molecule is CCCN(C)C(=O)C(NC(C)=O)[C@H]1CC(C(=O)O)C[C@@H]1N=C(N)N. The van der Waals surface area contributed by atoms with Crippen LogP contribution in [-0.2, 0) is 14.4 Å². The van der Waals surface area contributed by atoms with Crippen LogP contribution in [0.15, 0.2) is 4.99 Å². The van der Waals surface area contributed by atoms with Crippen molar-refractivity contribution in [2.24, 2.45) is 28.3 Å². The van der Waals surface area contributed by atoms with E-state index in [0.29, 0.717) is 6.54 Å². The van der Waals surface area contributed by atoms with Gasteiger partial charge in [-0.25, -0.2) is 4.99 Å². The Morgan fingerprint density at radius 1 is 1.33 bits per heavy atom. The van der Waals surface area contributed by atoms with E-state index < -0.39 is 29.9 Å². The number of carboxylic acid groups (broad SMARTS) is 1. The number of aliphatic carboxylic acids is 1. The number of carbonyl (C=O) groups is 3. The molecule has 1 fully saturated rings. The minimum absolute atomic E-state index is 0.160. The first-order valence-corrected chi connectivity index (χ1v) is 8.00. The van der Waals surface area contributed by atoms with E-state index in [0.717, 1.165) is 6.42 Å². The zero-order chi connectivity index (χ0) is 18.4. The number of amides is 2. The minimum atomic E-state index is -0.954. The van der Waals surface area contributed by atoms with Crippen molar-refractivity contribution in [3.8, 4) is 0 Å². The second kappa shape index (κ2) is 8.51. The van der Waals surface area contributed by atoms with Crippen LogP contribution in [0, 0.1) is 11.8 Å². The molecule has 24 heavy (non-hydrogen) atoms. The summed E-state index contributed by atoms with van der Waals surface area (Å²) in [4.78, 5) is 41.2. The zero-order valence-corrected chi connectivity index (χ0v) is 14.4. The summed E-state index contributed by atoms with van der Waals surface area (Å²) < 4.78 is 0. The van der Waals surface area contributed by atoms with Crippen LogP contribution in [0.3, 0.4) is 0 Å². The highest BCUT2D eigenvalue weighted by Gasteiger charge is 2.45. The highest BCUT2D eigenvalue weighted by Crippen LogP contribution is 2.36. The number of likely N-dealkylation sites (N-methyl/N-ethyl adjacent to an activating group) is 1. The standard InChI is InChI=1S/C15H27N5O4/c1-4-5-20(3)13(22)12(18-8(2)21)10-6-9(14(23)24)7-11(10)19-15(16)17/h9-12H,4-7H2,1-3H3,(H,18,21)(H,23,24)(H4,16,17,19)/t9?,10-,11-,12?/m0/s1. The summed E-state index contributed by atoms with van der Waals surface area (Å²) in [5.74, 6) is -2.86. The quantitative estimate of drug-likeness (QED) is 0.348. The molecule has 0 heterocycles. The van der Waals surface area contributed by atoms with E-state index in [2.05, 4.69) is 10.3 Å². The molecule has 1 rings (SSSR count). The molecule has 0 aromatic rings. The second-order valence-electron chi connectivity index (χ2n) is 6.23. The maximum absolute atomic E-state index is 12.7. The van der Waals surface area contributed by atoms with Gasteiger partial charge in [0.1, 0.15) is 6.04 Å². The molecule has 0 aromatic heterocycles. The van der Waals surface area contributed by atoms with Gasteiger partial charge in [-0.2, -0.15) is 0 Å². The lowest BCUT2D eigenvalue weighted by molar-refractivity contribution is -0.142. The predicted molar refractivity (Wildman–Crippen MR) is 89.0 cm³/mol. The lowest BCUT2D eigenvalue weighted by Gasteiger charge is -2.30. The fraction of sp³-hybridized carbons (Fsp3) is 0.733. The lowest BCUT2D eigenvalue weighted by atomic mass is 9.92. The third kappa shape index (κ3) is 5.10. The molecule has 9 nitrogen and oxygen atoms in total. The van der Waals surface area contributed by atoms with Crippen molar-refractivity contribution in [3.05, 3.63) is 0 Å². The van der Waals surface area contributed by atoms with Gasteiger partial charge in [-0.05, 0) is 19.3 Å². The number of aliphatic imine (C=N–C) groups is 1. The Bertz CT molecular complexity index is 518. The Morgan fingerprint density at radius 3 is 2.42 bits per heavy atom. The van der Waals surface area contributed by atoms with E-state index in [4.69, 9.17) is 11.5 Å². The van der Waals surface area contributed by atoms with Crippen molar-refractivity contribution in [1.82, 2.24) is 10.2 Å². The number of nitrogens with two attached hydrogens (primary N) is 2. The molecule has 1 aliphatic rings. The topological polar surface area (TPSA) is 151 Å². The average Bonchev–Trinajstić information content (AvgIpc) is 2.87. The first kappa shape index (κ1) is 19.7. The van der Waals surface area contributed by atoms with Crippen LogP contribution in [0.2, 0.25) is 0 Å². The molecule has 0 bridgehead atoms. The number of nitrogens with zero attached hydrogens (tertiary/aromatic N) is 2. The summed E-state index contributed by atoms with van der Waals surface area (Å²) >= 11 is 0. The molecule has 0 radical (unpaired) electrons. The van der Waals surface area contributed by atoms with E-state index in [1.807, 2.05) is 6.92 Å². The fourth-order valence-electron chi connectivity index (χ4n) is 3.20. The van der Waals surface area contributed by atoms with Crippen LogP contribution >= 0.6 is 0 Å². The maximum Gasteiger partial charge on any atom is 0.306 e. The summed E-state index contributed by atoms with van der Waals surface area (Å²) in [7, 11) is 1.65. The van der Waals surface area contributed by atoms with Gasteiger partial charge in [0.2, 0.25) is 11.8 Å². The van der Waals surface area contributed by atoms with E-state index >= 15 is 0 Å². The molecule has 136 valence electrons. The monoisotopic (exact) mass is 341 g/mol. The summed E-state index contributed by atoms with van der Waals surface area (Å²) in [6, 6.07) is -1.37. The summed E-state index contributed by atoms with van der Waals surface area (Å²) in [5.41, 5.74) is 10.9. The first-order valence-electron chi connectivity index (χ1n) is 8.00. The molecule has 0 aromatic carbocycles. The van der Waals surface area contributed by atoms with Crippen LogP contribution in [0.4, 0.5) is 0 Å². The number of hydrogen-bond donors (Lipinski definition) is 4. The Balaban J connectivity index is 3.12. The van der Waals surface area contributed by atoms with Gasteiger partial charge in [-0.3, -0.25) is 14.4 Å². The smallest absolute Gasteiger partial charge is 0.306 e. The molecule has 0 saturated heterocycles. The molecule has 1 saturated carbocycles. The van der Waals surface area contributed by atoms with E-state index in [-0.39, 0.29) is 30.6 Å². The molecule has 1 aliphatic carbocycles. The largest absolute Gasteiger partial charge is 0.481 e. The van der Waals surface area contributed by atoms with E-state index in [1.54, 1.807) is 7.05 Å². The Kier molecular flexibility index (Phi) is 6.99. The molecule has 9 heteroatoms. The molecule has 0 aliphatic heterocycles. The van der Waals surface area contributed by atoms with Crippen LogP contribution in [0.5, 0.6) is 0 Å². The van der Waals surface area contributed by atoms with Crippen molar-refractivity contribution in [2.45, 2.75) is 45.2 Å². The molecular weight excluding hydrogens is 314 g/mol. The third-order valence-corrected chi connectivity index (χ3v) is 4.23. The van der Waals surface area contributed by atoms with Gasteiger partial charge < -0.3 is 26.8 Å². The molecular formula is C15H27N5O4. The molecule has 0 spiro atoms. The molecule has 6 N–H and O–H groups in total. The Morgan fingerprint density at radius 2 is 1.96 bits per heavy atom. The van der Waals surface area contributed by atoms with Crippen LogP contribution in [0.25, 0.3) is 0 Å². The summed E-state index contributed by atoms with van der Waals surface area (Å²) in [6.07, 6.45) is 1.24. The van der Waals surface area contributed by atoms with Gasteiger partial charge in [0, 0.05) is 26.4 Å². The normalized spacial score (nSPS) is 24.0. The van der Waals surface area contributed by atoms with Crippen molar-refractivity contribution in [2.75, 3.05) is 13.6 Å².